The normalized spacial score (nSPS) is 11.3. The Kier molecular flexibility index (Phi) is 6.28. The number of aromatic nitrogens is 1. The van der Waals surface area contributed by atoms with Crippen molar-refractivity contribution in [3.8, 4) is 11.3 Å². The van der Waals surface area contributed by atoms with E-state index in [0.29, 0.717) is 5.13 Å². The number of anilines is 1. The van der Waals surface area contributed by atoms with Gasteiger partial charge in [-0.1, -0.05) is 29.8 Å². The van der Waals surface area contributed by atoms with Crippen LogP contribution in [0.15, 0.2) is 58.8 Å². The zero-order chi connectivity index (χ0) is 19.4. The van der Waals surface area contributed by atoms with Crippen molar-refractivity contribution < 1.29 is 13.2 Å². The first kappa shape index (κ1) is 20.0. The predicted octanol–water partition coefficient (Wildman–Crippen LogP) is 4.53. The molecule has 0 saturated heterocycles. The van der Waals surface area contributed by atoms with Crippen molar-refractivity contribution >= 4 is 54.8 Å². The van der Waals surface area contributed by atoms with Crippen LogP contribution in [0.1, 0.15) is 12.0 Å². The lowest BCUT2D eigenvalue weighted by Crippen LogP contribution is -2.17. The molecule has 5 nitrogen and oxygen atoms in total. The Morgan fingerprint density at radius 2 is 1.78 bits per heavy atom. The van der Waals surface area contributed by atoms with E-state index in [-0.39, 0.29) is 23.0 Å². The fourth-order valence-corrected chi connectivity index (χ4v) is 4.69. The summed E-state index contributed by atoms with van der Waals surface area (Å²) in [5, 5.41) is 5.00. The highest BCUT2D eigenvalue weighted by molar-refractivity contribution is 14.1. The number of hydrogen-bond donors (Lipinski definition) is 1. The first-order valence-corrected chi connectivity index (χ1v) is 11.8. The maximum absolute atomic E-state index is 12.3. The Labute approximate surface area is 175 Å². The number of nitrogens with one attached hydrogen (secondary N) is 1. The Morgan fingerprint density at radius 3 is 2.44 bits per heavy atom. The highest BCUT2D eigenvalue weighted by atomic mass is 127. The fraction of sp³-hybridized carbons (Fsp3) is 0.158. The van der Waals surface area contributed by atoms with Crippen molar-refractivity contribution in [3.63, 3.8) is 0 Å². The van der Waals surface area contributed by atoms with E-state index < -0.39 is 9.84 Å². The fourth-order valence-electron chi connectivity index (χ4n) is 2.36. The molecule has 1 heterocycles. The topological polar surface area (TPSA) is 76.1 Å². The highest BCUT2D eigenvalue weighted by Gasteiger charge is 2.17. The van der Waals surface area contributed by atoms with Gasteiger partial charge in [0.15, 0.2) is 15.0 Å². The molecule has 140 valence electrons. The van der Waals surface area contributed by atoms with E-state index in [1.54, 1.807) is 24.3 Å². The van der Waals surface area contributed by atoms with Gasteiger partial charge in [0.2, 0.25) is 5.91 Å². The van der Waals surface area contributed by atoms with Crippen LogP contribution in [-0.2, 0) is 14.6 Å². The number of amides is 1. The van der Waals surface area contributed by atoms with Gasteiger partial charge >= 0.3 is 0 Å². The molecule has 2 aromatic carbocycles. The van der Waals surface area contributed by atoms with E-state index in [9.17, 15) is 13.2 Å². The lowest BCUT2D eigenvalue weighted by molar-refractivity contribution is -0.115. The van der Waals surface area contributed by atoms with Crippen LogP contribution in [0.3, 0.4) is 0 Å². The Balaban J connectivity index is 1.59. The van der Waals surface area contributed by atoms with Crippen molar-refractivity contribution in [2.45, 2.75) is 18.2 Å². The van der Waals surface area contributed by atoms with Gasteiger partial charge < -0.3 is 5.32 Å². The summed E-state index contributed by atoms with van der Waals surface area (Å²) >= 11 is 3.55. The van der Waals surface area contributed by atoms with Crippen molar-refractivity contribution in [2.75, 3.05) is 11.1 Å². The van der Waals surface area contributed by atoms with Gasteiger partial charge in [0.1, 0.15) is 0 Å². The van der Waals surface area contributed by atoms with Crippen LogP contribution >= 0.6 is 33.9 Å². The van der Waals surface area contributed by atoms with Gasteiger partial charge in [0, 0.05) is 20.9 Å². The number of carbonyl (C=O) groups excluding carboxylic acids is 1. The molecule has 0 aliphatic heterocycles. The van der Waals surface area contributed by atoms with Crippen molar-refractivity contribution in [1.82, 2.24) is 4.98 Å². The van der Waals surface area contributed by atoms with E-state index in [1.165, 1.54) is 11.3 Å². The maximum atomic E-state index is 12.3. The largest absolute Gasteiger partial charge is 0.302 e. The number of carbonyl (C=O) groups is 1. The molecule has 8 heteroatoms. The number of sulfone groups is 1. The lowest BCUT2D eigenvalue weighted by atomic mass is 10.2. The van der Waals surface area contributed by atoms with Gasteiger partial charge in [0.05, 0.1) is 16.3 Å². The third kappa shape index (κ3) is 5.36. The third-order valence-corrected chi connectivity index (χ3v) is 7.08. The second kappa shape index (κ2) is 8.49. The highest BCUT2D eigenvalue weighted by Crippen LogP contribution is 2.25. The first-order chi connectivity index (χ1) is 12.8. The molecule has 0 bridgehead atoms. The number of rotatable bonds is 6. The minimum Gasteiger partial charge on any atom is -0.302 e. The van der Waals surface area contributed by atoms with Crippen molar-refractivity contribution in [2.24, 2.45) is 0 Å². The molecule has 0 radical (unpaired) electrons. The van der Waals surface area contributed by atoms with E-state index in [0.717, 1.165) is 20.4 Å². The first-order valence-electron chi connectivity index (χ1n) is 8.14. The zero-order valence-electron chi connectivity index (χ0n) is 14.5. The molecule has 3 rings (SSSR count). The van der Waals surface area contributed by atoms with Crippen LogP contribution in [-0.4, -0.2) is 25.1 Å². The Morgan fingerprint density at radius 1 is 1.11 bits per heavy atom. The average Bonchev–Trinajstić information content (AvgIpc) is 3.09. The Bertz CT molecular complexity index is 1040. The zero-order valence-corrected chi connectivity index (χ0v) is 18.3. The summed E-state index contributed by atoms with van der Waals surface area (Å²) in [6.45, 7) is 1.89. The minimum atomic E-state index is -3.48. The summed E-state index contributed by atoms with van der Waals surface area (Å²) in [5.41, 5.74) is 2.73. The molecule has 0 aliphatic rings. The molecule has 1 aromatic heterocycles. The molecule has 0 unspecified atom stereocenters. The van der Waals surface area contributed by atoms with Crippen molar-refractivity contribution in [1.29, 1.82) is 0 Å². The smallest absolute Gasteiger partial charge is 0.227 e. The van der Waals surface area contributed by atoms with Gasteiger partial charge in [-0.3, -0.25) is 4.79 Å². The van der Waals surface area contributed by atoms with Crippen LogP contribution in [0.25, 0.3) is 11.3 Å². The minimum absolute atomic E-state index is 0.116. The molecule has 0 fully saturated rings. The monoisotopic (exact) mass is 512 g/mol. The van der Waals surface area contributed by atoms with Gasteiger partial charge in [-0.25, -0.2) is 13.4 Å². The van der Waals surface area contributed by atoms with E-state index >= 15 is 0 Å². The molecule has 1 N–H and O–H groups in total. The van der Waals surface area contributed by atoms with Crippen molar-refractivity contribution in [3.05, 3.63) is 63.0 Å². The van der Waals surface area contributed by atoms with Gasteiger partial charge in [0.25, 0.3) is 0 Å². The summed E-state index contributed by atoms with van der Waals surface area (Å²) in [5.74, 6) is -0.605. The number of halogens is 1. The predicted molar refractivity (Wildman–Crippen MR) is 117 cm³/mol. The summed E-state index contributed by atoms with van der Waals surface area (Å²) in [4.78, 5) is 16.8. The molecule has 1 amide bonds. The maximum Gasteiger partial charge on any atom is 0.227 e. The number of aryl methyl sites for hydroxylation is 1. The lowest BCUT2D eigenvalue weighted by Gasteiger charge is -2.05. The molecular weight excluding hydrogens is 495 g/mol. The summed E-state index contributed by atoms with van der Waals surface area (Å²) < 4.78 is 25.8. The van der Waals surface area contributed by atoms with E-state index in [1.807, 2.05) is 36.6 Å². The van der Waals surface area contributed by atoms with Gasteiger partial charge in [-0.05, 0) is 53.8 Å². The van der Waals surface area contributed by atoms with Crippen LogP contribution in [0.2, 0.25) is 0 Å². The molecule has 0 spiro atoms. The summed E-state index contributed by atoms with van der Waals surface area (Å²) in [6, 6.07) is 14.5. The average molecular weight is 512 g/mol. The molecular formula is C19H17IN2O3S2. The number of benzene rings is 2. The molecule has 27 heavy (non-hydrogen) atoms. The van der Waals surface area contributed by atoms with Crippen LogP contribution in [0.5, 0.6) is 0 Å². The van der Waals surface area contributed by atoms with E-state index in [4.69, 9.17) is 0 Å². The summed E-state index contributed by atoms with van der Waals surface area (Å²) in [6.07, 6.45) is -0.116. The second-order valence-electron chi connectivity index (χ2n) is 5.97. The van der Waals surface area contributed by atoms with Gasteiger partial charge in [-0.2, -0.15) is 0 Å². The standard InChI is InChI=1S/C19H17IN2O3S2/c1-13-2-8-16(9-3-13)27(24,25)11-10-18(23)22-19-21-17(12-26-19)14-4-6-15(20)7-5-14/h2-9,12H,10-11H2,1H3,(H,21,22,23). The molecule has 3 aromatic rings. The van der Waals surface area contributed by atoms with Crippen LogP contribution in [0.4, 0.5) is 5.13 Å². The Hall–Kier alpha value is -1.78. The number of thiazole rings is 1. The number of hydrogen-bond acceptors (Lipinski definition) is 5. The molecule has 0 saturated carbocycles. The number of nitrogens with zero attached hydrogens (tertiary/aromatic N) is 1. The molecule has 0 atom stereocenters. The SMILES string of the molecule is Cc1ccc(S(=O)(=O)CCC(=O)Nc2nc(-c3ccc(I)cc3)cs2)cc1. The second-order valence-corrected chi connectivity index (χ2v) is 10.2. The van der Waals surface area contributed by atoms with E-state index in [2.05, 4.69) is 32.9 Å². The quantitative estimate of drug-likeness (QED) is 0.493. The third-order valence-electron chi connectivity index (χ3n) is 3.87. The molecule has 0 aliphatic carbocycles. The van der Waals surface area contributed by atoms with Crippen LogP contribution < -0.4 is 5.32 Å². The van der Waals surface area contributed by atoms with Crippen LogP contribution in [0, 0.1) is 10.5 Å². The van der Waals surface area contributed by atoms with Gasteiger partial charge in [-0.15, -0.1) is 11.3 Å². The summed E-state index contributed by atoms with van der Waals surface area (Å²) in [7, 11) is -3.48.